The zero-order chi connectivity index (χ0) is 18.9. The number of hydrogen-bond acceptors (Lipinski definition) is 5. The van der Waals surface area contributed by atoms with Gasteiger partial charge < -0.3 is 9.88 Å². The van der Waals surface area contributed by atoms with E-state index < -0.39 is 0 Å². The first-order valence-electron chi connectivity index (χ1n) is 9.03. The molecule has 1 aliphatic heterocycles. The summed E-state index contributed by atoms with van der Waals surface area (Å²) in [6, 6.07) is 13.4. The maximum absolute atomic E-state index is 12.9. The first kappa shape index (κ1) is 16.4. The van der Waals surface area contributed by atoms with E-state index in [2.05, 4.69) is 25.3 Å². The summed E-state index contributed by atoms with van der Waals surface area (Å²) in [6.07, 6.45) is 5.87. The molecule has 0 saturated carbocycles. The Morgan fingerprint density at radius 3 is 2.82 bits per heavy atom. The Hall–Kier alpha value is -3.81. The second kappa shape index (κ2) is 6.73. The third kappa shape index (κ3) is 2.94. The van der Waals surface area contributed by atoms with E-state index in [1.807, 2.05) is 42.5 Å². The van der Waals surface area contributed by atoms with Gasteiger partial charge in [0.05, 0.1) is 29.8 Å². The highest BCUT2D eigenvalue weighted by molar-refractivity contribution is 5.92. The predicted molar refractivity (Wildman–Crippen MR) is 102 cm³/mol. The Balaban J connectivity index is 1.36. The number of rotatable bonds is 3. The van der Waals surface area contributed by atoms with Gasteiger partial charge in [-0.2, -0.15) is 0 Å². The predicted octanol–water partition coefficient (Wildman–Crippen LogP) is 2.25. The Labute approximate surface area is 160 Å². The fraction of sp³-hybridized carbons (Fsp3) is 0.150. The van der Waals surface area contributed by atoms with Crippen LogP contribution in [0.2, 0.25) is 0 Å². The lowest BCUT2D eigenvalue weighted by Gasteiger charge is -2.25. The van der Waals surface area contributed by atoms with Gasteiger partial charge in [-0.05, 0) is 24.3 Å². The molecule has 1 aliphatic rings. The van der Waals surface area contributed by atoms with Gasteiger partial charge in [-0.1, -0.05) is 23.4 Å². The molecule has 0 atom stereocenters. The van der Waals surface area contributed by atoms with Gasteiger partial charge in [0.25, 0.3) is 5.91 Å². The monoisotopic (exact) mass is 371 g/mol. The van der Waals surface area contributed by atoms with E-state index in [1.165, 1.54) is 0 Å². The summed E-state index contributed by atoms with van der Waals surface area (Å²) >= 11 is 0. The summed E-state index contributed by atoms with van der Waals surface area (Å²) in [7, 11) is 0. The van der Waals surface area contributed by atoms with Gasteiger partial charge in [-0.3, -0.25) is 9.78 Å². The lowest BCUT2D eigenvalue weighted by molar-refractivity contribution is 0.0726. The van der Waals surface area contributed by atoms with Crippen molar-refractivity contribution in [3.05, 3.63) is 78.1 Å². The van der Waals surface area contributed by atoms with Crippen LogP contribution in [0, 0.1) is 0 Å². The van der Waals surface area contributed by atoms with Crippen molar-refractivity contribution in [1.82, 2.24) is 34.8 Å². The van der Waals surface area contributed by atoms with E-state index in [0.717, 1.165) is 28.5 Å². The van der Waals surface area contributed by atoms with Gasteiger partial charge in [-0.15, -0.1) is 5.10 Å². The van der Waals surface area contributed by atoms with Crippen LogP contribution in [0.15, 0.2) is 61.1 Å². The zero-order valence-electron chi connectivity index (χ0n) is 15.0. The summed E-state index contributed by atoms with van der Waals surface area (Å²) in [5.41, 5.74) is 4.08. The second-order valence-electron chi connectivity index (χ2n) is 6.61. The Morgan fingerprint density at radius 2 is 2.00 bits per heavy atom. The second-order valence-corrected chi connectivity index (χ2v) is 6.61. The number of hydrogen-bond donors (Lipinski definition) is 1. The fourth-order valence-corrected chi connectivity index (χ4v) is 3.34. The molecular weight excluding hydrogens is 354 g/mol. The summed E-state index contributed by atoms with van der Waals surface area (Å²) in [5.74, 6) is 0.646. The molecule has 5 rings (SSSR count). The molecule has 1 aromatic carbocycles. The number of aromatic nitrogens is 6. The van der Waals surface area contributed by atoms with Crippen LogP contribution in [-0.4, -0.2) is 47.3 Å². The van der Waals surface area contributed by atoms with Crippen molar-refractivity contribution < 1.29 is 4.79 Å². The smallest absolute Gasteiger partial charge is 0.276 e. The van der Waals surface area contributed by atoms with Gasteiger partial charge >= 0.3 is 0 Å². The van der Waals surface area contributed by atoms with Gasteiger partial charge in [-0.25, -0.2) is 9.67 Å². The summed E-state index contributed by atoms with van der Waals surface area (Å²) in [5, 5.41) is 8.15. The van der Waals surface area contributed by atoms with Crippen LogP contribution in [0.1, 0.15) is 21.9 Å². The van der Waals surface area contributed by atoms with Crippen LogP contribution in [0.5, 0.6) is 0 Å². The first-order valence-corrected chi connectivity index (χ1v) is 9.03. The van der Waals surface area contributed by atoms with E-state index in [-0.39, 0.29) is 5.91 Å². The largest absolute Gasteiger partial charge is 0.340 e. The van der Waals surface area contributed by atoms with Gasteiger partial charge in [0.2, 0.25) is 0 Å². The molecule has 1 N–H and O–H groups in total. The fourth-order valence-electron chi connectivity index (χ4n) is 3.34. The molecule has 3 aromatic heterocycles. The number of aromatic amines is 1. The molecule has 0 bridgehead atoms. The maximum atomic E-state index is 12.9. The number of pyridine rings is 1. The van der Waals surface area contributed by atoms with Crippen LogP contribution in [0.4, 0.5) is 0 Å². The molecular formula is C20H17N7O. The maximum Gasteiger partial charge on any atom is 0.276 e. The minimum Gasteiger partial charge on any atom is -0.340 e. The number of fused-ring (bicyclic) bond motifs is 1. The number of imidazole rings is 1. The van der Waals surface area contributed by atoms with Gasteiger partial charge in [0, 0.05) is 30.9 Å². The number of nitrogens with one attached hydrogen (secondary N) is 1. The molecule has 0 fully saturated rings. The molecule has 4 heterocycles. The molecule has 0 radical (unpaired) electrons. The third-order valence-electron chi connectivity index (χ3n) is 4.79. The molecule has 4 aromatic rings. The lowest BCUT2D eigenvalue weighted by Crippen LogP contribution is -2.36. The van der Waals surface area contributed by atoms with Crippen molar-refractivity contribution >= 4 is 5.91 Å². The van der Waals surface area contributed by atoms with E-state index in [1.54, 1.807) is 28.2 Å². The highest BCUT2D eigenvalue weighted by Gasteiger charge is 2.26. The number of carbonyl (C=O) groups excluding carboxylic acids is 1. The van der Waals surface area contributed by atoms with Crippen molar-refractivity contribution in [2.24, 2.45) is 0 Å². The van der Waals surface area contributed by atoms with Crippen molar-refractivity contribution in [3.63, 3.8) is 0 Å². The molecule has 0 saturated heterocycles. The molecule has 8 heteroatoms. The molecule has 0 spiro atoms. The Bertz CT molecular complexity index is 1120. The quantitative estimate of drug-likeness (QED) is 0.596. The SMILES string of the molecule is O=C(c1cn(-c2ccccc2)nn1)N1CCc2nc(-c3cccnc3)[nH]c2C1. The number of para-hydroxylation sites is 1. The van der Waals surface area contributed by atoms with Crippen LogP contribution >= 0.6 is 0 Å². The standard InChI is InChI=1S/C20H17N7O/c28-20(18-13-27(25-24-18)15-6-2-1-3-7-15)26-10-8-16-17(12-26)23-19(22-16)14-5-4-9-21-11-14/h1-7,9,11,13H,8,10,12H2,(H,22,23). The number of benzene rings is 1. The minimum atomic E-state index is -0.134. The van der Waals surface area contributed by atoms with Crippen LogP contribution in [0.3, 0.4) is 0 Å². The molecule has 0 unspecified atom stereocenters. The normalized spacial score (nSPS) is 13.4. The van der Waals surface area contributed by atoms with E-state index in [9.17, 15) is 4.79 Å². The zero-order valence-corrected chi connectivity index (χ0v) is 15.0. The van der Waals surface area contributed by atoms with Crippen molar-refractivity contribution in [2.45, 2.75) is 13.0 Å². The van der Waals surface area contributed by atoms with Gasteiger partial charge in [0.1, 0.15) is 5.82 Å². The highest BCUT2D eigenvalue weighted by Crippen LogP contribution is 2.23. The average Bonchev–Trinajstić information content (AvgIpc) is 3.41. The van der Waals surface area contributed by atoms with Gasteiger partial charge in [0.15, 0.2) is 5.69 Å². The first-order chi connectivity index (χ1) is 13.8. The molecule has 28 heavy (non-hydrogen) atoms. The molecule has 138 valence electrons. The topological polar surface area (TPSA) is 92.6 Å². The summed E-state index contributed by atoms with van der Waals surface area (Å²) < 4.78 is 1.61. The minimum absolute atomic E-state index is 0.134. The molecule has 1 amide bonds. The number of H-pyrrole nitrogens is 1. The summed E-state index contributed by atoms with van der Waals surface area (Å²) in [6.45, 7) is 1.07. The Morgan fingerprint density at radius 1 is 1.11 bits per heavy atom. The van der Waals surface area contributed by atoms with Crippen LogP contribution in [0.25, 0.3) is 17.1 Å². The van der Waals surface area contributed by atoms with Crippen molar-refractivity contribution in [2.75, 3.05) is 6.54 Å². The van der Waals surface area contributed by atoms with Crippen molar-refractivity contribution in [1.29, 1.82) is 0 Å². The Kier molecular flexibility index (Phi) is 3.93. The molecule has 8 nitrogen and oxygen atoms in total. The van der Waals surface area contributed by atoms with Crippen molar-refractivity contribution in [3.8, 4) is 17.1 Å². The number of amides is 1. The third-order valence-corrected chi connectivity index (χ3v) is 4.79. The number of nitrogens with zero attached hydrogens (tertiary/aromatic N) is 6. The van der Waals surface area contributed by atoms with Crippen LogP contribution in [-0.2, 0) is 13.0 Å². The molecule has 0 aliphatic carbocycles. The summed E-state index contributed by atoms with van der Waals surface area (Å²) in [4.78, 5) is 26.8. The van der Waals surface area contributed by atoms with E-state index in [0.29, 0.717) is 25.2 Å². The van der Waals surface area contributed by atoms with E-state index in [4.69, 9.17) is 0 Å². The average molecular weight is 371 g/mol. The van der Waals surface area contributed by atoms with E-state index >= 15 is 0 Å². The lowest BCUT2D eigenvalue weighted by atomic mass is 10.1. The highest BCUT2D eigenvalue weighted by atomic mass is 16.2. The van der Waals surface area contributed by atoms with Crippen LogP contribution < -0.4 is 0 Å². The number of carbonyl (C=O) groups is 1.